The van der Waals surface area contributed by atoms with Crippen LogP contribution in [-0.4, -0.2) is 33.8 Å². The first-order valence-corrected chi connectivity index (χ1v) is 8.67. The lowest BCUT2D eigenvalue weighted by Crippen LogP contribution is -2.31. The van der Waals surface area contributed by atoms with Crippen LogP contribution in [0.4, 0.5) is 0 Å². The molecule has 0 unspecified atom stereocenters. The molecule has 8 heteroatoms. The number of aromatic nitrogens is 3. The molecule has 0 saturated heterocycles. The summed E-state index contributed by atoms with van der Waals surface area (Å²) in [5.74, 6) is 0.173. The second-order valence-corrected chi connectivity index (χ2v) is 6.24. The van der Waals surface area contributed by atoms with E-state index in [4.69, 9.17) is 27.9 Å². The number of carbonyl (C=O) groups excluding carboxylic acids is 1. The van der Waals surface area contributed by atoms with Crippen LogP contribution in [0.15, 0.2) is 54.9 Å². The van der Waals surface area contributed by atoms with Crippen LogP contribution in [0.1, 0.15) is 0 Å². The van der Waals surface area contributed by atoms with Gasteiger partial charge in [-0.25, -0.2) is 0 Å². The average molecular weight is 391 g/mol. The third-order valence-corrected chi connectivity index (χ3v) is 4.01. The van der Waals surface area contributed by atoms with Crippen LogP contribution in [0.3, 0.4) is 0 Å². The van der Waals surface area contributed by atoms with Gasteiger partial charge in [0, 0.05) is 24.0 Å². The Bertz CT molecular complexity index is 884. The van der Waals surface area contributed by atoms with Gasteiger partial charge in [-0.1, -0.05) is 29.3 Å². The number of hydrogen-bond acceptors (Lipinski definition) is 4. The molecule has 26 heavy (non-hydrogen) atoms. The van der Waals surface area contributed by atoms with Crippen molar-refractivity contribution in [2.75, 3.05) is 13.2 Å². The molecule has 0 radical (unpaired) electrons. The summed E-state index contributed by atoms with van der Waals surface area (Å²) in [7, 11) is 0. The summed E-state index contributed by atoms with van der Waals surface area (Å²) in [5, 5.41) is 8.08. The maximum atomic E-state index is 11.9. The third kappa shape index (κ3) is 4.97. The minimum atomic E-state index is -0.242. The SMILES string of the molecule is O=C(COc1ccc(Cl)cc1Cl)NCCn1ccc(-c2ccccn2)n1. The highest BCUT2D eigenvalue weighted by Crippen LogP contribution is 2.27. The van der Waals surface area contributed by atoms with Crippen LogP contribution in [0, 0.1) is 0 Å². The number of amides is 1. The number of nitrogens with zero attached hydrogens (tertiary/aromatic N) is 3. The van der Waals surface area contributed by atoms with Gasteiger partial charge in [-0.05, 0) is 36.4 Å². The topological polar surface area (TPSA) is 69.0 Å². The second-order valence-electron chi connectivity index (χ2n) is 5.39. The first-order chi connectivity index (χ1) is 12.6. The summed E-state index contributed by atoms with van der Waals surface area (Å²) in [5.41, 5.74) is 1.60. The highest BCUT2D eigenvalue weighted by atomic mass is 35.5. The van der Waals surface area contributed by atoms with Crippen molar-refractivity contribution in [3.8, 4) is 17.1 Å². The first-order valence-electron chi connectivity index (χ1n) is 7.91. The van der Waals surface area contributed by atoms with E-state index in [1.165, 1.54) is 0 Å². The predicted molar refractivity (Wildman–Crippen MR) is 100 cm³/mol. The zero-order chi connectivity index (χ0) is 18.4. The summed E-state index contributed by atoms with van der Waals surface area (Å²) in [6.07, 6.45) is 3.57. The van der Waals surface area contributed by atoms with Gasteiger partial charge in [0.1, 0.15) is 11.4 Å². The molecule has 1 aromatic carbocycles. The number of halogens is 2. The van der Waals surface area contributed by atoms with E-state index < -0.39 is 0 Å². The van der Waals surface area contributed by atoms with E-state index in [-0.39, 0.29) is 12.5 Å². The molecule has 2 heterocycles. The standard InChI is InChI=1S/C18H16Cl2N4O2/c19-13-4-5-17(14(20)11-13)26-12-18(25)22-8-10-24-9-6-16(23-24)15-3-1-2-7-21-15/h1-7,9,11H,8,10,12H2,(H,22,25). The Balaban J connectivity index is 1.43. The second kappa shape index (κ2) is 8.69. The molecule has 0 fully saturated rings. The summed E-state index contributed by atoms with van der Waals surface area (Å²) in [6, 6.07) is 12.4. The number of ether oxygens (including phenoxy) is 1. The van der Waals surface area contributed by atoms with Gasteiger partial charge < -0.3 is 10.1 Å². The van der Waals surface area contributed by atoms with Crippen LogP contribution >= 0.6 is 23.2 Å². The first kappa shape index (κ1) is 18.2. The van der Waals surface area contributed by atoms with Gasteiger partial charge in [-0.15, -0.1) is 0 Å². The third-order valence-electron chi connectivity index (χ3n) is 3.48. The quantitative estimate of drug-likeness (QED) is 0.670. The molecular weight excluding hydrogens is 375 g/mol. The van der Waals surface area contributed by atoms with E-state index in [2.05, 4.69) is 15.4 Å². The lowest BCUT2D eigenvalue weighted by atomic mass is 10.3. The summed E-state index contributed by atoms with van der Waals surface area (Å²) in [4.78, 5) is 16.1. The fraction of sp³-hybridized carbons (Fsp3) is 0.167. The Morgan fingerprint density at radius 2 is 2.04 bits per heavy atom. The molecule has 1 amide bonds. The molecule has 3 aromatic rings. The van der Waals surface area contributed by atoms with Crippen LogP contribution in [0.5, 0.6) is 5.75 Å². The van der Waals surface area contributed by atoms with E-state index in [0.29, 0.717) is 28.9 Å². The molecular formula is C18H16Cl2N4O2. The normalized spacial score (nSPS) is 10.5. The number of rotatable bonds is 7. The Morgan fingerprint density at radius 3 is 2.81 bits per heavy atom. The molecule has 2 aromatic heterocycles. The molecule has 0 bridgehead atoms. The summed E-state index contributed by atoms with van der Waals surface area (Å²) in [6.45, 7) is 0.847. The number of carbonyl (C=O) groups is 1. The van der Waals surface area contributed by atoms with Crippen LogP contribution in [-0.2, 0) is 11.3 Å². The van der Waals surface area contributed by atoms with Crippen molar-refractivity contribution in [1.82, 2.24) is 20.1 Å². The predicted octanol–water partition coefficient (Wildman–Crippen LogP) is 3.45. The highest BCUT2D eigenvalue weighted by Gasteiger charge is 2.07. The minimum Gasteiger partial charge on any atom is -0.482 e. The zero-order valence-electron chi connectivity index (χ0n) is 13.7. The molecule has 0 aliphatic heterocycles. The average Bonchev–Trinajstić information content (AvgIpc) is 3.11. The van der Waals surface area contributed by atoms with Crippen molar-refractivity contribution in [2.24, 2.45) is 0 Å². The van der Waals surface area contributed by atoms with Crippen LogP contribution in [0.25, 0.3) is 11.4 Å². The molecule has 6 nitrogen and oxygen atoms in total. The number of pyridine rings is 1. The van der Waals surface area contributed by atoms with Gasteiger partial charge in [-0.3, -0.25) is 14.5 Å². The van der Waals surface area contributed by atoms with Gasteiger partial charge in [0.05, 0.1) is 17.3 Å². The lowest BCUT2D eigenvalue weighted by molar-refractivity contribution is -0.123. The maximum absolute atomic E-state index is 11.9. The Labute approximate surface area is 160 Å². The molecule has 3 rings (SSSR count). The van der Waals surface area contributed by atoms with Gasteiger partial charge in [0.15, 0.2) is 6.61 Å². The minimum absolute atomic E-state index is 0.125. The largest absolute Gasteiger partial charge is 0.482 e. The number of nitrogens with one attached hydrogen (secondary N) is 1. The molecule has 1 N–H and O–H groups in total. The van der Waals surface area contributed by atoms with Gasteiger partial charge >= 0.3 is 0 Å². The summed E-state index contributed by atoms with van der Waals surface area (Å²) < 4.78 is 7.14. The maximum Gasteiger partial charge on any atom is 0.258 e. The molecule has 0 saturated carbocycles. The summed E-state index contributed by atoms with van der Waals surface area (Å²) >= 11 is 11.8. The van der Waals surface area contributed by atoms with E-state index in [1.54, 1.807) is 29.1 Å². The monoisotopic (exact) mass is 390 g/mol. The molecule has 0 aliphatic rings. The number of hydrogen-bond donors (Lipinski definition) is 1. The van der Waals surface area contributed by atoms with Crippen molar-refractivity contribution >= 4 is 29.1 Å². The van der Waals surface area contributed by atoms with Crippen molar-refractivity contribution in [2.45, 2.75) is 6.54 Å². The van der Waals surface area contributed by atoms with Crippen molar-refractivity contribution in [3.05, 3.63) is 64.9 Å². The van der Waals surface area contributed by atoms with Gasteiger partial charge in [0.25, 0.3) is 5.91 Å². The lowest BCUT2D eigenvalue weighted by Gasteiger charge is -2.09. The molecule has 0 spiro atoms. The Hall–Kier alpha value is -2.57. The molecule has 0 atom stereocenters. The van der Waals surface area contributed by atoms with Crippen LogP contribution < -0.4 is 10.1 Å². The molecule has 0 aliphatic carbocycles. The smallest absolute Gasteiger partial charge is 0.258 e. The van der Waals surface area contributed by atoms with Crippen molar-refractivity contribution in [3.63, 3.8) is 0 Å². The highest BCUT2D eigenvalue weighted by molar-refractivity contribution is 6.35. The molecule has 134 valence electrons. The fourth-order valence-electron chi connectivity index (χ4n) is 2.23. The van der Waals surface area contributed by atoms with Crippen LogP contribution in [0.2, 0.25) is 10.0 Å². The fourth-order valence-corrected chi connectivity index (χ4v) is 2.70. The van der Waals surface area contributed by atoms with E-state index >= 15 is 0 Å². The Kier molecular flexibility index (Phi) is 6.09. The van der Waals surface area contributed by atoms with Gasteiger partial charge in [-0.2, -0.15) is 5.10 Å². The van der Waals surface area contributed by atoms with E-state index in [0.717, 1.165) is 11.4 Å². The van der Waals surface area contributed by atoms with Crippen molar-refractivity contribution in [1.29, 1.82) is 0 Å². The van der Waals surface area contributed by atoms with Gasteiger partial charge in [0.2, 0.25) is 0 Å². The van der Waals surface area contributed by atoms with E-state index in [1.807, 2.05) is 30.5 Å². The van der Waals surface area contributed by atoms with E-state index in [9.17, 15) is 4.79 Å². The Morgan fingerprint density at radius 1 is 1.15 bits per heavy atom. The van der Waals surface area contributed by atoms with Crippen molar-refractivity contribution < 1.29 is 9.53 Å². The number of benzene rings is 1. The zero-order valence-corrected chi connectivity index (χ0v) is 15.2.